The topological polar surface area (TPSA) is 38.3 Å². The monoisotopic (exact) mass is 233 g/mol. The molecule has 0 aromatic rings. The van der Waals surface area contributed by atoms with E-state index in [4.69, 9.17) is 4.74 Å². The maximum Gasteiger partial charge on any atom is 0.326 e. The average molecular weight is 233 g/mol. The number of hydrogen-bond acceptors (Lipinski definition) is 4. The van der Waals surface area contributed by atoms with Gasteiger partial charge in [-0.05, 0) is 32.6 Å². The van der Waals surface area contributed by atoms with E-state index in [9.17, 15) is 4.79 Å². The number of rotatable bonds is 8. The van der Waals surface area contributed by atoms with Crippen molar-refractivity contribution in [3.63, 3.8) is 0 Å². The van der Waals surface area contributed by atoms with Gasteiger partial charge in [-0.1, -0.05) is 13.8 Å². The summed E-state index contributed by atoms with van der Waals surface area (Å²) in [6.07, 6.45) is 1.02. The quantitative estimate of drug-likeness (QED) is 0.651. The lowest BCUT2D eigenvalue weighted by Gasteiger charge is -2.28. The van der Waals surface area contributed by atoms with Crippen LogP contribution < -0.4 is 5.32 Å². The summed E-state index contributed by atoms with van der Waals surface area (Å²) in [4.78, 5) is 11.8. The van der Waals surface area contributed by atoms with Gasteiger partial charge in [0.1, 0.15) is 5.54 Å². The molecule has 3 nitrogen and oxygen atoms in total. The first kappa shape index (κ1) is 14.8. The third kappa shape index (κ3) is 5.42. The predicted octanol–water partition coefficient (Wildman–Crippen LogP) is 2.06. The van der Waals surface area contributed by atoms with Crippen LogP contribution in [0.1, 0.15) is 34.1 Å². The van der Waals surface area contributed by atoms with E-state index in [0.717, 1.165) is 24.5 Å². The zero-order valence-corrected chi connectivity index (χ0v) is 11.1. The van der Waals surface area contributed by atoms with E-state index in [1.807, 2.05) is 13.8 Å². The van der Waals surface area contributed by atoms with Crippen LogP contribution in [0.25, 0.3) is 0 Å². The lowest BCUT2D eigenvalue weighted by atomic mass is 10.1. The van der Waals surface area contributed by atoms with Crippen LogP contribution >= 0.6 is 11.8 Å². The van der Waals surface area contributed by atoms with Gasteiger partial charge in [0.2, 0.25) is 0 Å². The summed E-state index contributed by atoms with van der Waals surface area (Å²) in [7, 11) is 0. The summed E-state index contributed by atoms with van der Waals surface area (Å²) >= 11 is 1.76. The molecule has 0 fully saturated rings. The second-order valence-electron chi connectivity index (χ2n) is 3.62. The largest absolute Gasteiger partial charge is 0.465 e. The fourth-order valence-corrected chi connectivity index (χ4v) is 2.01. The Morgan fingerprint density at radius 3 is 2.53 bits per heavy atom. The normalized spacial score (nSPS) is 14.7. The number of hydrogen-bond donors (Lipinski definition) is 1. The minimum Gasteiger partial charge on any atom is -0.465 e. The first-order valence-corrected chi connectivity index (χ1v) is 6.76. The van der Waals surface area contributed by atoms with Crippen molar-refractivity contribution in [1.82, 2.24) is 5.32 Å². The van der Waals surface area contributed by atoms with Crippen LogP contribution in [0.4, 0.5) is 0 Å². The molecule has 0 bridgehead atoms. The third-order valence-electron chi connectivity index (χ3n) is 2.09. The van der Waals surface area contributed by atoms with Gasteiger partial charge in [-0.25, -0.2) is 0 Å². The Kier molecular flexibility index (Phi) is 7.88. The smallest absolute Gasteiger partial charge is 0.326 e. The minimum atomic E-state index is -0.535. The molecular formula is C11H23NO2S. The van der Waals surface area contributed by atoms with Gasteiger partial charge in [-0.3, -0.25) is 4.79 Å². The van der Waals surface area contributed by atoms with Crippen molar-refractivity contribution in [1.29, 1.82) is 0 Å². The van der Waals surface area contributed by atoms with Crippen LogP contribution in [0.3, 0.4) is 0 Å². The molecule has 0 saturated carbocycles. The molecule has 0 spiro atoms. The summed E-state index contributed by atoms with van der Waals surface area (Å²) in [5.41, 5.74) is -0.535. The van der Waals surface area contributed by atoms with Crippen molar-refractivity contribution in [2.24, 2.45) is 0 Å². The van der Waals surface area contributed by atoms with Crippen molar-refractivity contribution in [3.05, 3.63) is 0 Å². The molecule has 0 aliphatic heterocycles. The molecule has 0 radical (unpaired) electrons. The first-order valence-electron chi connectivity index (χ1n) is 5.60. The number of thioether (sulfide) groups is 1. The molecule has 0 heterocycles. The van der Waals surface area contributed by atoms with Crippen molar-refractivity contribution in [3.8, 4) is 0 Å². The van der Waals surface area contributed by atoms with E-state index in [2.05, 4.69) is 19.2 Å². The van der Waals surface area contributed by atoms with Crippen molar-refractivity contribution in [2.45, 2.75) is 39.7 Å². The zero-order chi connectivity index (χ0) is 11.7. The van der Waals surface area contributed by atoms with Crippen molar-refractivity contribution in [2.75, 3.05) is 24.7 Å². The molecule has 0 aliphatic rings. The molecule has 0 rings (SSSR count). The van der Waals surface area contributed by atoms with E-state index in [0.29, 0.717) is 6.61 Å². The highest BCUT2D eigenvalue weighted by Gasteiger charge is 2.33. The molecule has 0 aromatic carbocycles. The molecule has 1 N–H and O–H groups in total. The Bertz CT molecular complexity index is 177. The minimum absolute atomic E-state index is 0.139. The summed E-state index contributed by atoms with van der Waals surface area (Å²) in [5, 5.41) is 3.27. The van der Waals surface area contributed by atoms with Gasteiger partial charge in [-0.2, -0.15) is 11.8 Å². The van der Waals surface area contributed by atoms with E-state index in [1.165, 1.54) is 0 Å². The maximum atomic E-state index is 11.8. The second kappa shape index (κ2) is 7.99. The molecule has 0 aromatic heterocycles. The molecule has 90 valence electrons. The number of nitrogens with one attached hydrogen (secondary N) is 1. The zero-order valence-electron chi connectivity index (χ0n) is 10.3. The standard InChI is InChI=1S/C11H23NO2S/c1-5-8-12-11(4,9-15-7-3)10(13)14-6-2/h12H,5-9H2,1-4H3. The fraction of sp³-hybridized carbons (Fsp3) is 0.909. The Morgan fingerprint density at radius 2 is 2.07 bits per heavy atom. The summed E-state index contributed by atoms with van der Waals surface area (Å²) in [5.74, 6) is 1.64. The van der Waals surface area contributed by atoms with Gasteiger partial charge in [0.25, 0.3) is 0 Å². The molecule has 0 saturated heterocycles. The van der Waals surface area contributed by atoms with Gasteiger partial charge >= 0.3 is 5.97 Å². The molecule has 15 heavy (non-hydrogen) atoms. The molecule has 0 amide bonds. The molecule has 4 heteroatoms. The lowest BCUT2D eigenvalue weighted by Crippen LogP contribution is -2.53. The lowest BCUT2D eigenvalue weighted by molar-refractivity contribution is -0.149. The Balaban J connectivity index is 4.30. The highest BCUT2D eigenvalue weighted by Crippen LogP contribution is 2.15. The van der Waals surface area contributed by atoms with Gasteiger partial charge in [0.05, 0.1) is 6.61 Å². The maximum absolute atomic E-state index is 11.8. The summed E-state index contributed by atoms with van der Waals surface area (Å²) < 4.78 is 5.09. The van der Waals surface area contributed by atoms with Gasteiger partial charge in [-0.15, -0.1) is 0 Å². The van der Waals surface area contributed by atoms with Crippen molar-refractivity contribution >= 4 is 17.7 Å². The van der Waals surface area contributed by atoms with E-state index in [-0.39, 0.29) is 5.97 Å². The van der Waals surface area contributed by atoms with Crippen LogP contribution in [-0.2, 0) is 9.53 Å². The number of esters is 1. The van der Waals surface area contributed by atoms with Crippen LogP contribution in [-0.4, -0.2) is 36.2 Å². The Labute approximate surface area is 97.3 Å². The Morgan fingerprint density at radius 1 is 1.40 bits per heavy atom. The van der Waals surface area contributed by atoms with E-state index < -0.39 is 5.54 Å². The number of ether oxygens (including phenoxy) is 1. The summed E-state index contributed by atoms with van der Waals surface area (Å²) in [6.45, 7) is 9.23. The van der Waals surface area contributed by atoms with Gasteiger partial charge in [0, 0.05) is 5.75 Å². The third-order valence-corrected chi connectivity index (χ3v) is 3.28. The van der Waals surface area contributed by atoms with Crippen LogP contribution in [0.15, 0.2) is 0 Å². The first-order chi connectivity index (χ1) is 7.10. The Hall–Kier alpha value is -0.220. The average Bonchev–Trinajstić information content (AvgIpc) is 2.24. The van der Waals surface area contributed by atoms with Gasteiger partial charge in [0.15, 0.2) is 0 Å². The van der Waals surface area contributed by atoms with E-state index in [1.54, 1.807) is 11.8 Å². The van der Waals surface area contributed by atoms with Crippen molar-refractivity contribution < 1.29 is 9.53 Å². The van der Waals surface area contributed by atoms with Crippen LogP contribution in [0.5, 0.6) is 0 Å². The number of carbonyl (C=O) groups is 1. The fourth-order valence-electron chi connectivity index (χ4n) is 1.18. The number of carbonyl (C=O) groups excluding carboxylic acids is 1. The van der Waals surface area contributed by atoms with Gasteiger partial charge < -0.3 is 10.1 Å². The van der Waals surface area contributed by atoms with Crippen LogP contribution in [0.2, 0.25) is 0 Å². The van der Waals surface area contributed by atoms with E-state index >= 15 is 0 Å². The SMILES string of the molecule is CCCNC(C)(CSCC)C(=O)OCC. The molecular weight excluding hydrogens is 210 g/mol. The molecule has 0 aliphatic carbocycles. The van der Waals surface area contributed by atoms with Crippen LogP contribution in [0, 0.1) is 0 Å². The molecule has 1 unspecified atom stereocenters. The molecule has 1 atom stereocenters. The second-order valence-corrected chi connectivity index (χ2v) is 4.89. The predicted molar refractivity (Wildman–Crippen MR) is 66.3 cm³/mol. The summed E-state index contributed by atoms with van der Waals surface area (Å²) in [6, 6.07) is 0. The highest BCUT2D eigenvalue weighted by molar-refractivity contribution is 7.99. The highest BCUT2D eigenvalue weighted by atomic mass is 32.2.